The van der Waals surface area contributed by atoms with Crippen LogP contribution < -0.4 is 19.9 Å². The molecule has 1 aromatic heterocycles. The van der Waals surface area contributed by atoms with Gasteiger partial charge in [0.2, 0.25) is 5.91 Å². The molecule has 0 spiro atoms. The molecule has 3 aromatic rings. The van der Waals surface area contributed by atoms with Gasteiger partial charge in [0.25, 0.3) is 5.56 Å². The van der Waals surface area contributed by atoms with Gasteiger partial charge in [-0.15, -0.1) is 5.10 Å². The van der Waals surface area contributed by atoms with Gasteiger partial charge >= 0.3 is 0 Å². The summed E-state index contributed by atoms with van der Waals surface area (Å²) in [5, 5.41) is 4.61. The lowest BCUT2D eigenvalue weighted by molar-refractivity contribution is -0.130. The van der Waals surface area contributed by atoms with Gasteiger partial charge < -0.3 is 19.3 Å². The summed E-state index contributed by atoms with van der Waals surface area (Å²) in [5.74, 6) is 2.05. The number of carbonyl (C=O) groups excluding carboxylic acids is 1. The summed E-state index contributed by atoms with van der Waals surface area (Å²) in [4.78, 5) is 29.3. The fourth-order valence-electron chi connectivity index (χ4n) is 4.07. The quantitative estimate of drug-likeness (QED) is 0.561. The average Bonchev–Trinajstić information content (AvgIpc) is 2.86. The molecule has 1 aliphatic rings. The minimum atomic E-state index is -0.171. The summed E-state index contributed by atoms with van der Waals surface area (Å²) < 4.78 is 12.1. The first-order valence-electron chi connectivity index (χ1n) is 11.3. The monoisotopic (exact) mass is 462 g/mol. The van der Waals surface area contributed by atoms with E-state index in [2.05, 4.69) is 10.00 Å². The summed E-state index contributed by atoms with van der Waals surface area (Å²) in [6.07, 6.45) is 0.302. The molecule has 1 aliphatic heterocycles. The third-order valence-electron chi connectivity index (χ3n) is 6.28. The predicted molar refractivity (Wildman–Crippen MR) is 131 cm³/mol. The Morgan fingerprint density at radius 2 is 1.62 bits per heavy atom. The molecular weight excluding hydrogens is 432 g/mol. The molecule has 2 aromatic carbocycles. The lowest BCUT2D eigenvalue weighted by Gasteiger charge is -2.35. The van der Waals surface area contributed by atoms with Crippen LogP contribution in [0.2, 0.25) is 0 Å². The standard InChI is InChI=1S/C26H30N4O4/c1-18-5-7-21(15-19(18)2)30-25(31)10-9-24(27-30)28-11-13-29(14-12-28)26(32)17-20-6-8-22(33-3)23(16-20)34-4/h5-10,15-16H,11-14,17H2,1-4H3. The number of nitrogens with zero attached hydrogens (tertiary/aromatic N) is 4. The van der Waals surface area contributed by atoms with E-state index in [0.717, 1.165) is 22.6 Å². The third-order valence-corrected chi connectivity index (χ3v) is 6.28. The Morgan fingerprint density at radius 1 is 0.882 bits per heavy atom. The zero-order chi connectivity index (χ0) is 24.2. The van der Waals surface area contributed by atoms with E-state index in [0.29, 0.717) is 44.1 Å². The van der Waals surface area contributed by atoms with Crippen LogP contribution in [0, 0.1) is 13.8 Å². The van der Waals surface area contributed by atoms with Crippen LogP contribution in [0.1, 0.15) is 16.7 Å². The second kappa shape index (κ2) is 9.99. The molecule has 178 valence electrons. The number of piperazine rings is 1. The first kappa shape index (κ1) is 23.4. The van der Waals surface area contributed by atoms with E-state index >= 15 is 0 Å². The molecule has 34 heavy (non-hydrogen) atoms. The molecule has 4 rings (SSSR count). The van der Waals surface area contributed by atoms with Crippen molar-refractivity contribution in [3.05, 3.63) is 75.6 Å². The zero-order valence-corrected chi connectivity index (χ0v) is 20.1. The van der Waals surface area contributed by atoms with Crippen LogP contribution in [-0.2, 0) is 11.2 Å². The molecule has 1 saturated heterocycles. The van der Waals surface area contributed by atoms with Gasteiger partial charge in [-0.25, -0.2) is 0 Å². The highest BCUT2D eigenvalue weighted by Crippen LogP contribution is 2.28. The molecule has 1 fully saturated rings. The van der Waals surface area contributed by atoms with Crippen LogP contribution in [0.3, 0.4) is 0 Å². The predicted octanol–water partition coefficient (Wildman–Crippen LogP) is 2.76. The molecule has 0 radical (unpaired) electrons. The van der Waals surface area contributed by atoms with Gasteiger partial charge in [0.05, 0.1) is 26.3 Å². The number of amides is 1. The number of hydrogen-bond acceptors (Lipinski definition) is 6. The molecule has 2 heterocycles. The smallest absolute Gasteiger partial charge is 0.271 e. The van der Waals surface area contributed by atoms with Crippen LogP contribution >= 0.6 is 0 Å². The van der Waals surface area contributed by atoms with Gasteiger partial charge in [-0.05, 0) is 60.9 Å². The van der Waals surface area contributed by atoms with E-state index in [4.69, 9.17) is 9.47 Å². The minimum Gasteiger partial charge on any atom is -0.493 e. The SMILES string of the molecule is COc1ccc(CC(=O)N2CCN(c3ccc(=O)n(-c4ccc(C)c(C)c4)n3)CC2)cc1OC. The number of ether oxygens (including phenoxy) is 2. The van der Waals surface area contributed by atoms with E-state index in [-0.39, 0.29) is 11.5 Å². The first-order valence-corrected chi connectivity index (χ1v) is 11.3. The second-order valence-electron chi connectivity index (χ2n) is 8.44. The van der Waals surface area contributed by atoms with Crippen molar-refractivity contribution in [2.75, 3.05) is 45.3 Å². The number of carbonyl (C=O) groups is 1. The van der Waals surface area contributed by atoms with Crippen molar-refractivity contribution >= 4 is 11.7 Å². The molecule has 0 saturated carbocycles. The maximum Gasteiger partial charge on any atom is 0.271 e. The summed E-state index contributed by atoms with van der Waals surface area (Å²) in [6, 6.07) is 14.7. The highest BCUT2D eigenvalue weighted by atomic mass is 16.5. The van der Waals surface area contributed by atoms with Crippen LogP contribution in [0.5, 0.6) is 11.5 Å². The summed E-state index contributed by atoms with van der Waals surface area (Å²) in [6.45, 7) is 6.54. The van der Waals surface area contributed by atoms with Crippen molar-refractivity contribution in [1.82, 2.24) is 14.7 Å². The maximum atomic E-state index is 12.9. The Labute approximate surface area is 199 Å². The van der Waals surface area contributed by atoms with Gasteiger partial charge in [-0.3, -0.25) is 9.59 Å². The molecular formula is C26H30N4O4. The highest BCUT2D eigenvalue weighted by Gasteiger charge is 2.23. The fourth-order valence-corrected chi connectivity index (χ4v) is 4.07. The largest absolute Gasteiger partial charge is 0.493 e. The van der Waals surface area contributed by atoms with Gasteiger partial charge in [0, 0.05) is 32.2 Å². The van der Waals surface area contributed by atoms with Crippen LogP contribution in [-0.4, -0.2) is 61.0 Å². The van der Waals surface area contributed by atoms with Gasteiger partial charge in [-0.1, -0.05) is 12.1 Å². The Kier molecular flexibility index (Phi) is 6.86. The number of hydrogen-bond donors (Lipinski definition) is 0. The van der Waals surface area contributed by atoms with Crippen molar-refractivity contribution in [2.45, 2.75) is 20.3 Å². The highest BCUT2D eigenvalue weighted by molar-refractivity contribution is 5.79. The molecule has 0 aliphatic carbocycles. The molecule has 8 nitrogen and oxygen atoms in total. The van der Waals surface area contributed by atoms with Crippen molar-refractivity contribution in [1.29, 1.82) is 0 Å². The Morgan fingerprint density at radius 3 is 2.29 bits per heavy atom. The zero-order valence-electron chi connectivity index (χ0n) is 20.1. The summed E-state index contributed by atoms with van der Waals surface area (Å²) in [7, 11) is 3.17. The van der Waals surface area contributed by atoms with E-state index in [1.807, 2.05) is 55.1 Å². The Bertz CT molecular complexity index is 1250. The lowest BCUT2D eigenvalue weighted by Crippen LogP contribution is -2.49. The van der Waals surface area contributed by atoms with Crippen molar-refractivity contribution < 1.29 is 14.3 Å². The molecule has 0 N–H and O–H groups in total. The summed E-state index contributed by atoms with van der Waals surface area (Å²) in [5.41, 5.74) is 3.74. The van der Waals surface area contributed by atoms with E-state index in [1.54, 1.807) is 26.4 Å². The number of benzene rings is 2. The number of methoxy groups -OCH3 is 2. The van der Waals surface area contributed by atoms with Gasteiger partial charge in [-0.2, -0.15) is 4.68 Å². The van der Waals surface area contributed by atoms with Crippen LogP contribution in [0.4, 0.5) is 5.82 Å². The minimum absolute atomic E-state index is 0.0694. The second-order valence-corrected chi connectivity index (χ2v) is 8.44. The number of anilines is 1. The molecule has 8 heteroatoms. The maximum absolute atomic E-state index is 12.9. The van der Waals surface area contributed by atoms with Crippen molar-refractivity contribution in [3.63, 3.8) is 0 Å². The van der Waals surface area contributed by atoms with Gasteiger partial charge in [0.15, 0.2) is 11.5 Å². The summed E-state index contributed by atoms with van der Waals surface area (Å²) >= 11 is 0. The van der Waals surface area contributed by atoms with Crippen LogP contribution in [0.15, 0.2) is 53.3 Å². The molecule has 0 atom stereocenters. The van der Waals surface area contributed by atoms with E-state index in [1.165, 1.54) is 10.2 Å². The van der Waals surface area contributed by atoms with E-state index in [9.17, 15) is 9.59 Å². The molecule has 1 amide bonds. The van der Waals surface area contributed by atoms with Crippen molar-refractivity contribution in [3.8, 4) is 17.2 Å². The number of rotatable bonds is 6. The number of aromatic nitrogens is 2. The van der Waals surface area contributed by atoms with E-state index < -0.39 is 0 Å². The fraction of sp³-hybridized carbons (Fsp3) is 0.346. The molecule has 0 bridgehead atoms. The van der Waals surface area contributed by atoms with Gasteiger partial charge in [0.1, 0.15) is 5.82 Å². The Balaban J connectivity index is 1.42. The van der Waals surface area contributed by atoms with Crippen LogP contribution in [0.25, 0.3) is 5.69 Å². The third kappa shape index (κ3) is 4.90. The topological polar surface area (TPSA) is 76.9 Å². The normalized spacial score (nSPS) is 13.6. The Hall–Kier alpha value is -3.81. The lowest BCUT2D eigenvalue weighted by atomic mass is 10.1. The first-order chi connectivity index (χ1) is 16.4. The number of aryl methyl sites for hydroxylation is 2. The average molecular weight is 463 g/mol. The molecule has 0 unspecified atom stereocenters. The van der Waals surface area contributed by atoms with Crippen molar-refractivity contribution in [2.24, 2.45) is 0 Å².